The molecule has 0 spiro atoms. The quantitative estimate of drug-likeness (QED) is 0.427. The van der Waals surface area contributed by atoms with Crippen LogP contribution in [0.15, 0.2) is 12.2 Å². The van der Waals surface area contributed by atoms with Crippen molar-refractivity contribution in [1.29, 1.82) is 0 Å². The molecule has 0 aliphatic heterocycles. The highest BCUT2D eigenvalue weighted by Gasteiger charge is 2.75. The summed E-state index contributed by atoms with van der Waals surface area (Å²) in [4.78, 5) is 10.7. The molecule has 0 N–H and O–H groups in total. The predicted octanol–water partition coefficient (Wildman–Crippen LogP) is 3.28. The maximum absolute atomic E-state index is 12.8. The van der Waals surface area contributed by atoms with Gasteiger partial charge >= 0.3 is 30.2 Å². The Kier molecular flexibility index (Phi) is 4.96. The van der Waals surface area contributed by atoms with Gasteiger partial charge in [-0.2, -0.15) is 26.3 Å². The number of hydrogen-bond acceptors (Lipinski definition) is 2. The van der Waals surface area contributed by atoms with E-state index in [0.29, 0.717) is 0 Å². The fourth-order valence-electron chi connectivity index (χ4n) is 0.751. The molecule has 0 amide bonds. The molecule has 0 aliphatic rings. The Hall–Kier alpha value is -1.35. The zero-order chi connectivity index (χ0) is 15.6. The molecule has 10 heteroatoms. The first-order valence-corrected chi connectivity index (χ1v) is 4.51. The zero-order valence-electron chi connectivity index (χ0n) is 9.33. The van der Waals surface area contributed by atoms with Gasteiger partial charge in [-0.1, -0.05) is 6.58 Å². The molecule has 0 heterocycles. The number of carbonyl (C=O) groups is 1. The van der Waals surface area contributed by atoms with E-state index >= 15 is 0 Å². The Balaban J connectivity index is 5.08. The highest BCUT2D eigenvalue weighted by molar-refractivity contribution is 5.86. The third-order valence-corrected chi connectivity index (χ3v) is 1.89. The number of alkyl halides is 8. The molecule has 112 valence electrons. The maximum Gasteiger partial charge on any atom is 0.381 e. The largest absolute Gasteiger partial charge is 0.456 e. The van der Waals surface area contributed by atoms with Crippen LogP contribution in [0, 0.1) is 0 Å². The van der Waals surface area contributed by atoms with Crippen molar-refractivity contribution < 1.29 is 44.7 Å². The molecule has 0 fully saturated rings. The minimum Gasteiger partial charge on any atom is -0.456 e. The van der Waals surface area contributed by atoms with Crippen LogP contribution in [0.25, 0.3) is 0 Å². The highest BCUT2D eigenvalue weighted by atomic mass is 19.4. The third kappa shape index (κ3) is 3.35. The average molecular weight is 300 g/mol. The van der Waals surface area contributed by atoms with Crippen LogP contribution in [0.4, 0.5) is 35.1 Å². The van der Waals surface area contributed by atoms with E-state index in [-0.39, 0.29) is 0 Å². The summed E-state index contributed by atoms with van der Waals surface area (Å²) in [5.41, 5.74) is -0.459. The van der Waals surface area contributed by atoms with Gasteiger partial charge in [0.2, 0.25) is 0 Å². The first-order chi connectivity index (χ1) is 8.27. The molecule has 2 nitrogen and oxygen atoms in total. The Morgan fingerprint density at radius 1 is 1.16 bits per heavy atom. The number of halogens is 8. The van der Waals surface area contributed by atoms with Gasteiger partial charge in [-0.15, -0.1) is 0 Å². The van der Waals surface area contributed by atoms with E-state index in [4.69, 9.17) is 0 Å². The van der Waals surface area contributed by atoms with Gasteiger partial charge in [0, 0.05) is 5.57 Å². The number of rotatable bonds is 6. The Bertz CT molecular complexity index is 363. The van der Waals surface area contributed by atoms with Crippen molar-refractivity contribution in [1.82, 2.24) is 0 Å². The second kappa shape index (κ2) is 5.33. The molecular weight excluding hydrogens is 292 g/mol. The molecule has 0 aromatic heterocycles. The summed E-state index contributed by atoms with van der Waals surface area (Å²) in [5, 5.41) is 0. The lowest BCUT2D eigenvalue weighted by Crippen LogP contribution is -2.59. The fourth-order valence-corrected chi connectivity index (χ4v) is 0.751. The van der Waals surface area contributed by atoms with Gasteiger partial charge in [0.25, 0.3) is 0 Å². The molecule has 0 radical (unpaired) electrons. The van der Waals surface area contributed by atoms with Crippen LogP contribution in [0.2, 0.25) is 0 Å². The van der Waals surface area contributed by atoms with Crippen LogP contribution >= 0.6 is 0 Å². The Morgan fingerprint density at radius 2 is 1.58 bits per heavy atom. The second-order valence-electron chi connectivity index (χ2n) is 3.56. The van der Waals surface area contributed by atoms with Crippen LogP contribution in [0.3, 0.4) is 0 Å². The van der Waals surface area contributed by atoms with Gasteiger partial charge in [0.15, 0.2) is 6.61 Å². The highest BCUT2D eigenvalue weighted by Crippen LogP contribution is 2.48. The van der Waals surface area contributed by atoms with Crippen LogP contribution in [0.1, 0.15) is 6.92 Å². The normalized spacial score (nSPS) is 13.6. The van der Waals surface area contributed by atoms with Gasteiger partial charge < -0.3 is 4.74 Å². The van der Waals surface area contributed by atoms with E-state index in [9.17, 15) is 39.9 Å². The topological polar surface area (TPSA) is 26.3 Å². The van der Waals surface area contributed by atoms with E-state index in [1.54, 1.807) is 0 Å². The molecule has 0 unspecified atom stereocenters. The number of ether oxygens (including phenoxy) is 1. The first kappa shape index (κ1) is 17.6. The van der Waals surface area contributed by atoms with E-state index in [2.05, 4.69) is 11.3 Å². The van der Waals surface area contributed by atoms with Crippen molar-refractivity contribution in [3.8, 4) is 0 Å². The van der Waals surface area contributed by atoms with Crippen LogP contribution in [-0.4, -0.2) is 36.8 Å². The molecule has 0 aromatic carbocycles. The molecule has 0 saturated heterocycles. The summed E-state index contributed by atoms with van der Waals surface area (Å²) in [6.07, 6.45) is -5.01. The van der Waals surface area contributed by atoms with Crippen molar-refractivity contribution in [3.63, 3.8) is 0 Å². The SMILES string of the molecule is C=C(C)C(=O)OCC(F)(F)C(F)(F)C(F)(F)C(F)F. The monoisotopic (exact) mass is 300 g/mol. The molecule has 0 saturated carbocycles. The maximum atomic E-state index is 12.8. The minimum absolute atomic E-state index is 0.459. The van der Waals surface area contributed by atoms with E-state index in [0.717, 1.165) is 6.92 Å². The minimum atomic E-state index is -6.39. The van der Waals surface area contributed by atoms with Gasteiger partial charge in [0.1, 0.15) is 0 Å². The lowest BCUT2D eigenvalue weighted by molar-refractivity contribution is -0.344. The summed E-state index contributed by atoms with van der Waals surface area (Å²) >= 11 is 0. The summed E-state index contributed by atoms with van der Waals surface area (Å²) in [5.74, 6) is -19.9. The Labute approximate surface area is 102 Å². The molecule has 0 atom stereocenters. The smallest absolute Gasteiger partial charge is 0.381 e. The average Bonchev–Trinajstić information content (AvgIpc) is 2.24. The van der Waals surface area contributed by atoms with Crippen molar-refractivity contribution in [2.75, 3.05) is 6.61 Å². The second-order valence-corrected chi connectivity index (χ2v) is 3.56. The van der Waals surface area contributed by atoms with Gasteiger partial charge in [-0.25, -0.2) is 13.6 Å². The molecule has 0 aliphatic carbocycles. The van der Waals surface area contributed by atoms with Gasteiger partial charge in [-0.3, -0.25) is 0 Å². The zero-order valence-corrected chi connectivity index (χ0v) is 9.33. The van der Waals surface area contributed by atoms with E-state index in [1.165, 1.54) is 0 Å². The number of hydrogen-bond donors (Lipinski definition) is 0. The molecule has 19 heavy (non-hydrogen) atoms. The first-order valence-electron chi connectivity index (χ1n) is 4.51. The summed E-state index contributed by atoms with van der Waals surface area (Å²) in [6.45, 7) is 1.42. The summed E-state index contributed by atoms with van der Waals surface area (Å²) in [6, 6.07) is 0. The lowest BCUT2D eigenvalue weighted by atomic mass is 10.1. The van der Waals surface area contributed by atoms with Gasteiger partial charge in [0.05, 0.1) is 0 Å². The molecule has 0 rings (SSSR count). The Morgan fingerprint density at radius 3 is 1.89 bits per heavy atom. The standard InChI is InChI=1S/C9H8F8O2/c1-4(2)5(18)19-3-7(12,13)9(16,17)8(14,15)6(10)11/h6H,1,3H2,2H3. The fraction of sp³-hybridized carbons (Fsp3) is 0.667. The lowest BCUT2D eigenvalue weighted by Gasteiger charge is -2.31. The van der Waals surface area contributed by atoms with Crippen molar-refractivity contribution in [2.24, 2.45) is 0 Å². The molecule has 0 bridgehead atoms. The third-order valence-electron chi connectivity index (χ3n) is 1.89. The van der Waals surface area contributed by atoms with Crippen molar-refractivity contribution in [3.05, 3.63) is 12.2 Å². The summed E-state index contributed by atoms with van der Waals surface area (Å²) < 4.78 is 103. The van der Waals surface area contributed by atoms with Gasteiger partial charge in [-0.05, 0) is 6.92 Å². The molecule has 0 aromatic rings. The van der Waals surface area contributed by atoms with E-state index in [1.807, 2.05) is 0 Å². The van der Waals surface area contributed by atoms with Crippen molar-refractivity contribution >= 4 is 5.97 Å². The van der Waals surface area contributed by atoms with Crippen molar-refractivity contribution in [2.45, 2.75) is 31.1 Å². The van der Waals surface area contributed by atoms with E-state index < -0.39 is 42.3 Å². The molecular formula is C9H8F8O2. The number of carbonyl (C=O) groups excluding carboxylic acids is 1. The number of esters is 1. The predicted molar refractivity (Wildman–Crippen MR) is 46.6 cm³/mol. The van der Waals surface area contributed by atoms with Crippen LogP contribution in [0.5, 0.6) is 0 Å². The van der Waals surface area contributed by atoms with Crippen LogP contribution in [-0.2, 0) is 9.53 Å². The summed E-state index contributed by atoms with van der Waals surface area (Å²) in [7, 11) is 0. The van der Waals surface area contributed by atoms with Crippen LogP contribution < -0.4 is 0 Å².